The summed E-state index contributed by atoms with van der Waals surface area (Å²) in [7, 11) is 0. The molecule has 2 heterocycles. The van der Waals surface area contributed by atoms with Crippen molar-refractivity contribution in [1.29, 1.82) is 0 Å². The Kier molecular flexibility index (Phi) is 3.72. The lowest BCUT2D eigenvalue weighted by Crippen LogP contribution is -2.33. The van der Waals surface area contributed by atoms with Gasteiger partial charge in [0.2, 0.25) is 5.95 Å². The van der Waals surface area contributed by atoms with Crippen LogP contribution in [0.15, 0.2) is 18.5 Å². The summed E-state index contributed by atoms with van der Waals surface area (Å²) in [4.78, 5) is 10.8. The van der Waals surface area contributed by atoms with E-state index in [0.717, 1.165) is 32.3 Å². The SMILES string of the molecule is CC(C)[C@H]1COCCN(c2ncccn2)C1. The van der Waals surface area contributed by atoms with Gasteiger partial charge in [0.15, 0.2) is 0 Å². The Morgan fingerprint density at radius 1 is 1.38 bits per heavy atom. The first-order valence-electron chi connectivity index (χ1n) is 5.87. The van der Waals surface area contributed by atoms with Crippen molar-refractivity contribution in [2.45, 2.75) is 13.8 Å². The van der Waals surface area contributed by atoms with E-state index in [1.165, 1.54) is 0 Å². The number of anilines is 1. The van der Waals surface area contributed by atoms with Gasteiger partial charge in [-0.3, -0.25) is 0 Å². The molecule has 0 unspecified atom stereocenters. The van der Waals surface area contributed by atoms with E-state index in [-0.39, 0.29) is 0 Å². The molecular weight excluding hydrogens is 202 g/mol. The maximum Gasteiger partial charge on any atom is 0.225 e. The van der Waals surface area contributed by atoms with Crippen LogP contribution in [0, 0.1) is 11.8 Å². The van der Waals surface area contributed by atoms with Gasteiger partial charge in [-0.2, -0.15) is 0 Å². The van der Waals surface area contributed by atoms with Gasteiger partial charge in [0.25, 0.3) is 0 Å². The van der Waals surface area contributed by atoms with Gasteiger partial charge in [0, 0.05) is 31.4 Å². The van der Waals surface area contributed by atoms with Gasteiger partial charge in [0.1, 0.15) is 0 Å². The third kappa shape index (κ3) is 2.70. The van der Waals surface area contributed by atoms with Crippen LogP contribution in [0.1, 0.15) is 13.8 Å². The van der Waals surface area contributed by atoms with Gasteiger partial charge in [-0.15, -0.1) is 0 Å². The first-order chi connectivity index (χ1) is 7.77. The monoisotopic (exact) mass is 221 g/mol. The van der Waals surface area contributed by atoms with E-state index in [1.54, 1.807) is 12.4 Å². The van der Waals surface area contributed by atoms with Crippen molar-refractivity contribution in [3.63, 3.8) is 0 Å². The Balaban J connectivity index is 2.09. The number of nitrogens with zero attached hydrogens (tertiary/aromatic N) is 3. The first-order valence-corrected chi connectivity index (χ1v) is 5.87. The molecule has 1 atom stereocenters. The molecule has 1 aliphatic heterocycles. The van der Waals surface area contributed by atoms with E-state index in [9.17, 15) is 0 Å². The first kappa shape index (κ1) is 11.3. The molecule has 1 aliphatic rings. The lowest BCUT2D eigenvalue weighted by atomic mass is 9.96. The average molecular weight is 221 g/mol. The second kappa shape index (κ2) is 5.25. The Bertz CT molecular complexity index is 315. The molecule has 0 aliphatic carbocycles. The number of ether oxygens (including phenoxy) is 1. The van der Waals surface area contributed by atoms with Gasteiger partial charge in [-0.1, -0.05) is 13.8 Å². The minimum Gasteiger partial charge on any atom is -0.379 e. The maximum atomic E-state index is 5.62. The van der Waals surface area contributed by atoms with Crippen molar-refractivity contribution < 1.29 is 4.74 Å². The average Bonchev–Trinajstić information content (AvgIpc) is 2.56. The fourth-order valence-corrected chi connectivity index (χ4v) is 1.88. The van der Waals surface area contributed by atoms with Crippen LogP contribution < -0.4 is 4.90 Å². The van der Waals surface area contributed by atoms with Crippen LogP contribution >= 0.6 is 0 Å². The molecule has 88 valence electrons. The summed E-state index contributed by atoms with van der Waals surface area (Å²) in [5, 5.41) is 0. The summed E-state index contributed by atoms with van der Waals surface area (Å²) in [6.07, 6.45) is 3.58. The third-order valence-corrected chi connectivity index (χ3v) is 3.07. The summed E-state index contributed by atoms with van der Waals surface area (Å²) in [5.74, 6) is 2.01. The molecule has 0 N–H and O–H groups in total. The zero-order chi connectivity index (χ0) is 11.4. The highest BCUT2D eigenvalue weighted by Crippen LogP contribution is 2.18. The molecule has 1 aromatic rings. The van der Waals surface area contributed by atoms with Crippen LogP contribution in [0.5, 0.6) is 0 Å². The lowest BCUT2D eigenvalue weighted by molar-refractivity contribution is 0.108. The minimum atomic E-state index is 0.561. The quantitative estimate of drug-likeness (QED) is 0.760. The second-order valence-corrected chi connectivity index (χ2v) is 4.57. The summed E-state index contributed by atoms with van der Waals surface area (Å²) in [6, 6.07) is 1.84. The van der Waals surface area contributed by atoms with E-state index < -0.39 is 0 Å². The second-order valence-electron chi connectivity index (χ2n) is 4.57. The lowest BCUT2D eigenvalue weighted by Gasteiger charge is -2.25. The van der Waals surface area contributed by atoms with Gasteiger partial charge < -0.3 is 9.64 Å². The molecule has 2 rings (SSSR count). The maximum absolute atomic E-state index is 5.62. The van der Waals surface area contributed by atoms with Crippen LogP contribution in [-0.2, 0) is 4.74 Å². The van der Waals surface area contributed by atoms with Gasteiger partial charge in [0.05, 0.1) is 13.2 Å². The number of aromatic nitrogens is 2. The normalized spacial score (nSPS) is 22.2. The summed E-state index contributed by atoms with van der Waals surface area (Å²) < 4.78 is 5.62. The van der Waals surface area contributed by atoms with Crippen LogP contribution in [0.25, 0.3) is 0 Å². The molecule has 4 nitrogen and oxygen atoms in total. The molecule has 0 aromatic carbocycles. The predicted molar refractivity (Wildman–Crippen MR) is 63.4 cm³/mol. The topological polar surface area (TPSA) is 38.2 Å². The van der Waals surface area contributed by atoms with Crippen LogP contribution in [0.3, 0.4) is 0 Å². The number of hydrogen-bond acceptors (Lipinski definition) is 4. The van der Waals surface area contributed by atoms with E-state index >= 15 is 0 Å². The van der Waals surface area contributed by atoms with Crippen LogP contribution in [0.2, 0.25) is 0 Å². The molecule has 0 saturated carbocycles. The van der Waals surface area contributed by atoms with E-state index in [2.05, 4.69) is 28.7 Å². The van der Waals surface area contributed by atoms with Crippen molar-refractivity contribution >= 4 is 5.95 Å². The third-order valence-electron chi connectivity index (χ3n) is 3.07. The molecule has 16 heavy (non-hydrogen) atoms. The number of hydrogen-bond donors (Lipinski definition) is 0. The van der Waals surface area contributed by atoms with Gasteiger partial charge >= 0.3 is 0 Å². The molecule has 4 heteroatoms. The van der Waals surface area contributed by atoms with Crippen molar-refractivity contribution in [2.75, 3.05) is 31.2 Å². The molecule has 0 bridgehead atoms. The van der Waals surface area contributed by atoms with Crippen LogP contribution in [-0.4, -0.2) is 36.3 Å². The molecule has 0 spiro atoms. The summed E-state index contributed by atoms with van der Waals surface area (Å²) in [6.45, 7) is 7.96. The van der Waals surface area contributed by atoms with Crippen molar-refractivity contribution in [3.05, 3.63) is 18.5 Å². The Hall–Kier alpha value is -1.16. The summed E-state index contributed by atoms with van der Waals surface area (Å²) in [5.41, 5.74) is 0. The molecule has 0 radical (unpaired) electrons. The Morgan fingerprint density at radius 3 is 2.81 bits per heavy atom. The Morgan fingerprint density at radius 2 is 2.12 bits per heavy atom. The van der Waals surface area contributed by atoms with E-state index in [0.29, 0.717) is 11.8 Å². The van der Waals surface area contributed by atoms with Crippen molar-refractivity contribution in [2.24, 2.45) is 11.8 Å². The van der Waals surface area contributed by atoms with Gasteiger partial charge in [-0.25, -0.2) is 9.97 Å². The number of rotatable bonds is 2. The zero-order valence-electron chi connectivity index (χ0n) is 9.97. The highest BCUT2D eigenvalue weighted by molar-refractivity contribution is 5.28. The summed E-state index contributed by atoms with van der Waals surface area (Å²) >= 11 is 0. The molecule has 1 saturated heterocycles. The fraction of sp³-hybridized carbons (Fsp3) is 0.667. The largest absolute Gasteiger partial charge is 0.379 e. The molecule has 0 amide bonds. The highest BCUT2D eigenvalue weighted by atomic mass is 16.5. The van der Waals surface area contributed by atoms with Gasteiger partial charge in [-0.05, 0) is 12.0 Å². The smallest absolute Gasteiger partial charge is 0.225 e. The minimum absolute atomic E-state index is 0.561. The Labute approximate surface area is 96.7 Å². The van der Waals surface area contributed by atoms with E-state index in [1.807, 2.05) is 6.07 Å². The highest BCUT2D eigenvalue weighted by Gasteiger charge is 2.22. The zero-order valence-corrected chi connectivity index (χ0v) is 9.97. The molecule has 1 fully saturated rings. The molecular formula is C12H19N3O. The van der Waals surface area contributed by atoms with Crippen molar-refractivity contribution in [3.8, 4) is 0 Å². The van der Waals surface area contributed by atoms with E-state index in [4.69, 9.17) is 4.74 Å². The molecule has 1 aromatic heterocycles. The predicted octanol–water partition coefficient (Wildman–Crippen LogP) is 1.59. The fourth-order valence-electron chi connectivity index (χ4n) is 1.88. The standard InChI is InChI=1S/C12H19N3O/c1-10(2)11-8-15(6-7-16-9-11)12-13-4-3-5-14-12/h3-5,10-11H,6-9H2,1-2H3/t11-/m1/s1. The van der Waals surface area contributed by atoms with Crippen LogP contribution in [0.4, 0.5) is 5.95 Å². The van der Waals surface area contributed by atoms with Crippen molar-refractivity contribution in [1.82, 2.24) is 9.97 Å².